The molecule has 2 heterocycles. The SMILES string of the molecule is CNS(=O)(=O)c1cc(/C=C/C(=O)N2CCC(CN3CC(C)OC(C)C3)CC2)ccc1OC. The van der Waals surface area contributed by atoms with Crippen molar-refractivity contribution < 1.29 is 22.7 Å². The monoisotopic (exact) mass is 465 g/mol. The summed E-state index contributed by atoms with van der Waals surface area (Å²) in [6.07, 6.45) is 5.70. The second-order valence-electron chi connectivity index (χ2n) is 8.70. The zero-order valence-electron chi connectivity index (χ0n) is 19.4. The van der Waals surface area contributed by atoms with Crippen molar-refractivity contribution in [1.29, 1.82) is 0 Å². The van der Waals surface area contributed by atoms with Gasteiger partial charge in [-0.15, -0.1) is 0 Å². The molecular formula is C23H35N3O5S. The number of sulfonamides is 1. The van der Waals surface area contributed by atoms with Gasteiger partial charge in [0.25, 0.3) is 0 Å². The molecule has 9 heteroatoms. The van der Waals surface area contributed by atoms with Crippen LogP contribution in [0, 0.1) is 5.92 Å². The van der Waals surface area contributed by atoms with Gasteiger partial charge in [-0.2, -0.15) is 0 Å². The number of piperidine rings is 1. The van der Waals surface area contributed by atoms with E-state index in [9.17, 15) is 13.2 Å². The second-order valence-corrected chi connectivity index (χ2v) is 10.6. The van der Waals surface area contributed by atoms with E-state index in [1.54, 1.807) is 18.2 Å². The highest BCUT2D eigenvalue weighted by molar-refractivity contribution is 7.89. The molecule has 178 valence electrons. The van der Waals surface area contributed by atoms with E-state index in [4.69, 9.17) is 9.47 Å². The van der Waals surface area contributed by atoms with Gasteiger partial charge in [-0.25, -0.2) is 13.1 Å². The summed E-state index contributed by atoms with van der Waals surface area (Å²) in [5.41, 5.74) is 0.624. The quantitative estimate of drug-likeness (QED) is 0.620. The molecule has 2 saturated heterocycles. The highest BCUT2D eigenvalue weighted by Gasteiger charge is 2.27. The van der Waals surface area contributed by atoms with Gasteiger partial charge in [0.2, 0.25) is 15.9 Å². The number of likely N-dealkylation sites (tertiary alicyclic amines) is 1. The Kier molecular flexibility index (Phi) is 8.32. The molecule has 0 spiro atoms. The Morgan fingerprint density at radius 1 is 1.22 bits per heavy atom. The number of benzene rings is 1. The Labute approximate surface area is 191 Å². The topological polar surface area (TPSA) is 88.2 Å². The van der Waals surface area contributed by atoms with Crippen LogP contribution in [-0.4, -0.2) is 83.2 Å². The molecule has 8 nitrogen and oxygen atoms in total. The summed E-state index contributed by atoms with van der Waals surface area (Å²) in [5, 5.41) is 0. The highest BCUT2D eigenvalue weighted by atomic mass is 32.2. The Bertz CT molecular complexity index is 916. The lowest BCUT2D eigenvalue weighted by Crippen LogP contribution is -2.48. The maximum absolute atomic E-state index is 12.7. The van der Waals surface area contributed by atoms with E-state index < -0.39 is 10.0 Å². The third-order valence-electron chi connectivity index (χ3n) is 6.10. The molecule has 1 aromatic carbocycles. The maximum Gasteiger partial charge on any atom is 0.246 e. The summed E-state index contributed by atoms with van der Waals surface area (Å²) in [6.45, 7) is 8.73. The smallest absolute Gasteiger partial charge is 0.246 e. The van der Waals surface area contributed by atoms with Gasteiger partial charge >= 0.3 is 0 Å². The van der Waals surface area contributed by atoms with Crippen LogP contribution in [0.3, 0.4) is 0 Å². The van der Waals surface area contributed by atoms with Crippen LogP contribution in [0.1, 0.15) is 32.3 Å². The average Bonchev–Trinajstić information content (AvgIpc) is 2.77. The minimum atomic E-state index is -3.66. The molecule has 0 saturated carbocycles. The predicted octanol–water partition coefficient (Wildman–Crippen LogP) is 1.96. The molecule has 2 aliphatic heterocycles. The van der Waals surface area contributed by atoms with Crippen LogP contribution in [0.5, 0.6) is 5.75 Å². The third-order valence-corrected chi connectivity index (χ3v) is 7.54. The normalized spacial score (nSPS) is 23.6. The van der Waals surface area contributed by atoms with Gasteiger partial charge in [0, 0.05) is 38.8 Å². The van der Waals surface area contributed by atoms with E-state index in [1.165, 1.54) is 26.3 Å². The zero-order chi connectivity index (χ0) is 23.3. The van der Waals surface area contributed by atoms with Crippen LogP contribution in [0.15, 0.2) is 29.2 Å². The van der Waals surface area contributed by atoms with Gasteiger partial charge in [-0.05, 0) is 63.4 Å². The summed E-state index contributed by atoms with van der Waals surface area (Å²) >= 11 is 0. The standard InChI is InChI=1S/C23H35N3O5S/c1-17-14-25(15-18(2)31-17)16-20-9-11-26(12-10-20)23(27)8-6-19-5-7-21(30-4)22(13-19)32(28,29)24-3/h5-8,13,17-18,20,24H,9-12,14-16H2,1-4H3/b8-6+. The van der Waals surface area contributed by atoms with Crippen LogP contribution >= 0.6 is 0 Å². The fourth-order valence-corrected chi connectivity index (χ4v) is 5.45. The molecule has 1 N–H and O–H groups in total. The predicted molar refractivity (Wildman–Crippen MR) is 124 cm³/mol. The molecule has 3 rings (SSSR count). The Hall–Kier alpha value is -1.94. The maximum atomic E-state index is 12.7. The molecule has 2 atom stereocenters. The molecule has 2 unspecified atom stereocenters. The first kappa shape index (κ1) is 24.7. The van der Waals surface area contributed by atoms with Crippen molar-refractivity contribution >= 4 is 22.0 Å². The number of amides is 1. The van der Waals surface area contributed by atoms with E-state index in [0.29, 0.717) is 11.5 Å². The summed E-state index contributed by atoms with van der Waals surface area (Å²) in [6, 6.07) is 4.83. The minimum absolute atomic E-state index is 0.0460. The largest absolute Gasteiger partial charge is 0.495 e. The van der Waals surface area contributed by atoms with Crippen LogP contribution < -0.4 is 9.46 Å². The van der Waals surface area contributed by atoms with Crippen molar-refractivity contribution in [3.8, 4) is 5.75 Å². The van der Waals surface area contributed by atoms with Crippen LogP contribution in [0.4, 0.5) is 0 Å². The highest BCUT2D eigenvalue weighted by Crippen LogP contribution is 2.25. The Morgan fingerprint density at radius 3 is 2.47 bits per heavy atom. The van der Waals surface area contributed by atoms with Crippen molar-refractivity contribution in [1.82, 2.24) is 14.5 Å². The van der Waals surface area contributed by atoms with Gasteiger partial charge in [0.1, 0.15) is 10.6 Å². The Balaban J connectivity index is 1.55. The van der Waals surface area contributed by atoms with Crippen molar-refractivity contribution in [2.24, 2.45) is 5.92 Å². The lowest BCUT2D eigenvalue weighted by Gasteiger charge is -2.39. The number of morpholine rings is 1. The number of hydrogen-bond donors (Lipinski definition) is 1. The van der Waals surface area contributed by atoms with Crippen LogP contribution in [-0.2, 0) is 19.6 Å². The van der Waals surface area contributed by atoms with E-state index >= 15 is 0 Å². The average molecular weight is 466 g/mol. The minimum Gasteiger partial charge on any atom is -0.495 e. The summed E-state index contributed by atoms with van der Waals surface area (Å²) in [4.78, 5) is 17.1. The molecule has 1 aromatic rings. The number of methoxy groups -OCH3 is 1. The van der Waals surface area contributed by atoms with E-state index in [-0.39, 0.29) is 28.8 Å². The number of carbonyl (C=O) groups is 1. The fraction of sp³-hybridized carbons (Fsp3) is 0.609. The van der Waals surface area contributed by atoms with E-state index in [1.807, 2.05) is 4.90 Å². The number of carbonyl (C=O) groups excluding carboxylic acids is 1. The van der Waals surface area contributed by atoms with Crippen molar-refractivity contribution in [3.63, 3.8) is 0 Å². The van der Waals surface area contributed by atoms with Gasteiger partial charge in [-0.1, -0.05) is 6.07 Å². The van der Waals surface area contributed by atoms with Gasteiger partial charge in [0.15, 0.2) is 0 Å². The van der Waals surface area contributed by atoms with Crippen LogP contribution in [0.2, 0.25) is 0 Å². The van der Waals surface area contributed by atoms with E-state index in [0.717, 1.165) is 45.6 Å². The van der Waals surface area contributed by atoms with E-state index in [2.05, 4.69) is 23.5 Å². The molecule has 0 aliphatic carbocycles. The fourth-order valence-electron chi connectivity index (χ4n) is 4.52. The second kappa shape index (κ2) is 10.8. The third kappa shape index (κ3) is 6.31. The molecule has 2 aliphatic rings. The zero-order valence-corrected chi connectivity index (χ0v) is 20.2. The van der Waals surface area contributed by atoms with Crippen molar-refractivity contribution in [2.75, 3.05) is 46.9 Å². The lowest BCUT2D eigenvalue weighted by molar-refractivity contribution is -0.127. The van der Waals surface area contributed by atoms with Gasteiger partial charge < -0.3 is 14.4 Å². The molecule has 0 aromatic heterocycles. The molecule has 1 amide bonds. The van der Waals surface area contributed by atoms with Crippen LogP contribution in [0.25, 0.3) is 6.08 Å². The number of hydrogen-bond acceptors (Lipinski definition) is 6. The lowest BCUT2D eigenvalue weighted by atomic mass is 9.95. The molecule has 2 fully saturated rings. The molecule has 0 bridgehead atoms. The summed E-state index contributed by atoms with van der Waals surface area (Å²) in [5.74, 6) is 0.802. The first-order valence-electron chi connectivity index (χ1n) is 11.2. The molecular weight excluding hydrogens is 430 g/mol. The van der Waals surface area contributed by atoms with Crippen molar-refractivity contribution in [2.45, 2.75) is 43.8 Å². The number of rotatable bonds is 7. The van der Waals surface area contributed by atoms with Crippen molar-refractivity contribution in [3.05, 3.63) is 29.8 Å². The van der Waals surface area contributed by atoms with Gasteiger partial charge in [-0.3, -0.25) is 9.69 Å². The summed E-state index contributed by atoms with van der Waals surface area (Å²) < 4.78 is 37.7. The molecule has 0 radical (unpaired) electrons. The first-order chi connectivity index (χ1) is 15.2. The number of nitrogens with one attached hydrogen (secondary N) is 1. The number of ether oxygens (including phenoxy) is 2. The summed E-state index contributed by atoms with van der Waals surface area (Å²) in [7, 11) is -0.889. The first-order valence-corrected chi connectivity index (χ1v) is 12.7. The molecule has 32 heavy (non-hydrogen) atoms. The number of nitrogens with zero attached hydrogens (tertiary/aromatic N) is 2. The Morgan fingerprint density at radius 2 is 1.88 bits per heavy atom. The van der Waals surface area contributed by atoms with Gasteiger partial charge in [0.05, 0.1) is 19.3 Å².